The van der Waals surface area contributed by atoms with E-state index < -0.39 is 17.4 Å². The lowest BCUT2D eigenvalue weighted by molar-refractivity contribution is 0.100. The first-order chi connectivity index (χ1) is 12.6. The van der Waals surface area contributed by atoms with Gasteiger partial charge in [-0.25, -0.2) is 4.79 Å². The Bertz CT molecular complexity index is 949. The summed E-state index contributed by atoms with van der Waals surface area (Å²) in [6.45, 7) is 0.179. The first kappa shape index (κ1) is 17.6. The zero-order valence-corrected chi connectivity index (χ0v) is 14.0. The number of rotatable bonds is 7. The molecule has 0 fully saturated rings. The van der Waals surface area contributed by atoms with Crippen molar-refractivity contribution in [3.05, 3.63) is 81.4 Å². The van der Waals surface area contributed by atoms with E-state index in [9.17, 15) is 14.7 Å². The van der Waals surface area contributed by atoms with Crippen molar-refractivity contribution in [2.24, 2.45) is 0 Å². The average Bonchev–Trinajstić information content (AvgIpc) is 2.66. The maximum Gasteiger partial charge on any atom is 0.325 e. The van der Waals surface area contributed by atoms with Gasteiger partial charge in [0, 0.05) is 18.6 Å². The molecule has 0 saturated carbocycles. The van der Waals surface area contributed by atoms with Crippen LogP contribution in [-0.2, 0) is 6.42 Å². The summed E-state index contributed by atoms with van der Waals surface area (Å²) in [5, 5.41) is 10.0. The van der Waals surface area contributed by atoms with Gasteiger partial charge in [0.15, 0.2) is 0 Å². The second kappa shape index (κ2) is 8.26. The summed E-state index contributed by atoms with van der Waals surface area (Å²) >= 11 is 0. The minimum Gasteiger partial charge on any atom is -0.491 e. The Hall–Kier alpha value is -3.19. The highest BCUT2D eigenvalue weighted by Crippen LogP contribution is 2.19. The summed E-state index contributed by atoms with van der Waals surface area (Å²) in [5.41, 5.74) is 1.11. The molecule has 3 aromatic rings. The van der Waals surface area contributed by atoms with Gasteiger partial charge in [-0.1, -0.05) is 18.2 Å². The van der Waals surface area contributed by atoms with Gasteiger partial charge >= 0.3 is 5.69 Å². The van der Waals surface area contributed by atoms with Crippen molar-refractivity contribution in [1.82, 2.24) is 15.0 Å². The molecule has 0 bridgehead atoms. The monoisotopic (exact) mass is 353 g/mol. The molecule has 0 radical (unpaired) electrons. The van der Waals surface area contributed by atoms with Gasteiger partial charge < -0.3 is 14.8 Å². The number of aromatic nitrogens is 3. The molecule has 7 heteroatoms. The number of aryl methyl sites for hydroxylation is 1. The lowest BCUT2D eigenvalue weighted by atomic mass is 10.1. The Morgan fingerprint density at radius 1 is 1.15 bits per heavy atom. The molecular weight excluding hydrogens is 334 g/mol. The number of H-pyrrole nitrogens is 2. The molecule has 0 saturated heterocycles. The van der Waals surface area contributed by atoms with Crippen LogP contribution in [0, 0.1) is 0 Å². The molecule has 0 amide bonds. The van der Waals surface area contributed by atoms with Crippen molar-refractivity contribution in [2.75, 3.05) is 6.61 Å². The smallest absolute Gasteiger partial charge is 0.325 e. The fourth-order valence-electron chi connectivity index (χ4n) is 2.51. The minimum atomic E-state index is -0.586. The summed E-state index contributed by atoms with van der Waals surface area (Å²) in [6.07, 6.45) is 5.59. The van der Waals surface area contributed by atoms with E-state index in [-0.39, 0.29) is 6.61 Å². The van der Waals surface area contributed by atoms with E-state index >= 15 is 0 Å². The molecule has 3 rings (SSSR count). The molecule has 0 aliphatic carbocycles. The van der Waals surface area contributed by atoms with E-state index in [4.69, 9.17) is 4.74 Å². The standard InChI is InChI=1S/C19H19N3O4/c23-15(6-3-13-2-1-9-20-10-13)12-26-16-7-4-14(5-8-16)17-11-21-19(25)22-18(17)24/h1-2,4-5,7-11,15,23H,3,6,12H2,(H2,21,22,24,25). The van der Waals surface area contributed by atoms with Crippen LogP contribution < -0.4 is 16.0 Å². The Kier molecular flexibility index (Phi) is 5.60. The molecule has 134 valence electrons. The highest BCUT2D eigenvalue weighted by atomic mass is 16.5. The number of pyridine rings is 1. The van der Waals surface area contributed by atoms with Gasteiger partial charge in [-0.2, -0.15) is 0 Å². The van der Waals surface area contributed by atoms with Crippen LogP contribution in [-0.4, -0.2) is 32.8 Å². The number of aliphatic hydroxyl groups excluding tert-OH is 1. The predicted octanol–water partition coefficient (Wildman–Crippen LogP) is 1.50. The Labute approximate surface area is 149 Å². The van der Waals surface area contributed by atoms with E-state index in [1.807, 2.05) is 12.1 Å². The first-order valence-corrected chi connectivity index (χ1v) is 8.24. The largest absolute Gasteiger partial charge is 0.491 e. The average molecular weight is 353 g/mol. The molecule has 1 aromatic carbocycles. The lowest BCUT2D eigenvalue weighted by Crippen LogP contribution is -2.22. The summed E-state index contributed by atoms with van der Waals surface area (Å²) in [7, 11) is 0. The van der Waals surface area contributed by atoms with Crippen LogP contribution in [0.1, 0.15) is 12.0 Å². The number of nitrogens with zero attached hydrogens (tertiary/aromatic N) is 1. The second-order valence-electron chi connectivity index (χ2n) is 5.87. The predicted molar refractivity (Wildman–Crippen MR) is 97.2 cm³/mol. The molecule has 2 aromatic heterocycles. The second-order valence-corrected chi connectivity index (χ2v) is 5.87. The highest BCUT2D eigenvalue weighted by molar-refractivity contribution is 5.62. The molecule has 0 aliphatic heterocycles. The maximum absolute atomic E-state index is 11.8. The van der Waals surface area contributed by atoms with Crippen LogP contribution in [0.15, 0.2) is 64.6 Å². The summed E-state index contributed by atoms with van der Waals surface area (Å²) in [4.78, 5) is 31.5. The Balaban J connectivity index is 1.54. The van der Waals surface area contributed by atoms with Crippen LogP contribution in [0.3, 0.4) is 0 Å². The highest BCUT2D eigenvalue weighted by Gasteiger charge is 2.07. The molecule has 7 nitrogen and oxygen atoms in total. The summed E-state index contributed by atoms with van der Waals surface area (Å²) < 4.78 is 5.59. The van der Waals surface area contributed by atoms with E-state index in [0.29, 0.717) is 23.3 Å². The number of hydrogen-bond acceptors (Lipinski definition) is 5. The van der Waals surface area contributed by atoms with E-state index in [0.717, 1.165) is 12.0 Å². The molecule has 1 atom stereocenters. The van der Waals surface area contributed by atoms with Gasteiger partial charge in [0.25, 0.3) is 5.56 Å². The van der Waals surface area contributed by atoms with E-state index in [1.54, 1.807) is 36.7 Å². The number of benzene rings is 1. The van der Waals surface area contributed by atoms with Crippen molar-refractivity contribution in [3.8, 4) is 16.9 Å². The summed E-state index contributed by atoms with van der Waals surface area (Å²) in [6, 6.07) is 10.7. The van der Waals surface area contributed by atoms with Crippen molar-refractivity contribution >= 4 is 0 Å². The molecule has 0 aliphatic rings. The van der Waals surface area contributed by atoms with Crippen LogP contribution in [0.25, 0.3) is 11.1 Å². The van der Waals surface area contributed by atoms with Gasteiger partial charge in [-0.15, -0.1) is 0 Å². The van der Waals surface area contributed by atoms with Gasteiger partial charge in [0.1, 0.15) is 12.4 Å². The van der Waals surface area contributed by atoms with Crippen molar-refractivity contribution in [1.29, 1.82) is 0 Å². The van der Waals surface area contributed by atoms with E-state index in [2.05, 4.69) is 15.0 Å². The third kappa shape index (κ3) is 4.67. The van der Waals surface area contributed by atoms with Gasteiger partial charge in [-0.3, -0.25) is 14.8 Å². The Morgan fingerprint density at radius 3 is 2.65 bits per heavy atom. The Morgan fingerprint density at radius 2 is 1.96 bits per heavy atom. The molecular formula is C19H19N3O4. The number of aliphatic hydroxyl groups is 1. The zero-order chi connectivity index (χ0) is 18.4. The normalized spacial score (nSPS) is 11.9. The molecule has 1 unspecified atom stereocenters. The van der Waals surface area contributed by atoms with Crippen LogP contribution >= 0.6 is 0 Å². The number of aromatic amines is 2. The summed E-state index contributed by atoms with van der Waals surface area (Å²) in [5.74, 6) is 0.593. The fraction of sp³-hybridized carbons (Fsp3) is 0.211. The van der Waals surface area contributed by atoms with Crippen LogP contribution in [0.5, 0.6) is 5.75 Å². The number of hydrogen-bond donors (Lipinski definition) is 3. The maximum atomic E-state index is 11.8. The van der Waals surface area contributed by atoms with Crippen LogP contribution in [0.4, 0.5) is 0 Å². The van der Waals surface area contributed by atoms with Crippen molar-refractivity contribution in [3.63, 3.8) is 0 Å². The quantitative estimate of drug-likeness (QED) is 0.596. The third-order valence-electron chi connectivity index (χ3n) is 3.92. The SMILES string of the molecule is O=c1[nH]cc(-c2ccc(OCC(O)CCc3cccnc3)cc2)c(=O)[nH]1. The molecule has 0 spiro atoms. The molecule has 26 heavy (non-hydrogen) atoms. The minimum absolute atomic E-state index is 0.179. The number of nitrogens with one attached hydrogen (secondary N) is 2. The fourth-order valence-corrected chi connectivity index (χ4v) is 2.51. The number of ether oxygens (including phenoxy) is 1. The lowest BCUT2D eigenvalue weighted by Gasteiger charge is -2.12. The zero-order valence-electron chi connectivity index (χ0n) is 14.0. The van der Waals surface area contributed by atoms with Crippen LogP contribution in [0.2, 0.25) is 0 Å². The first-order valence-electron chi connectivity index (χ1n) is 8.24. The molecule has 2 heterocycles. The van der Waals surface area contributed by atoms with Gasteiger partial charge in [-0.05, 0) is 42.2 Å². The third-order valence-corrected chi connectivity index (χ3v) is 3.92. The van der Waals surface area contributed by atoms with Gasteiger partial charge in [0.05, 0.1) is 11.7 Å². The van der Waals surface area contributed by atoms with Crippen molar-refractivity contribution in [2.45, 2.75) is 18.9 Å². The van der Waals surface area contributed by atoms with E-state index in [1.165, 1.54) is 6.20 Å². The topological polar surface area (TPSA) is 108 Å². The van der Waals surface area contributed by atoms with Gasteiger partial charge in [0.2, 0.25) is 0 Å². The van der Waals surface area contributed by atoms with Crippen molar-refractivity contribution < 1.29 is 9.84 Å². The molecule has 3 N–H and O–H groups in total.